The summed E-state index contributed by atoms with van der Waals surface area (Å²) >= 11 is 0. The number of hydrogen-bond donors (Lipinski definition) is 1. The van der Waals surface area contributed by atoms with Gasteiger partial charge in [-0.25, -0.2) is 4.98 Å². The number of hydrogen-bond acceptors (Lipinski definition) is 5. The van der Waals surface area contributed by atoms with Crippen LogP contribution in [-0.4, -0.2) is 23.2 Å². The third-order valence-electron chi connectivity index (χ3n) is 3.28. The van der Waals surface area contributed by atoms with Gasteiger partial charge in [-0.2, -0.15) is 0 Å². The van der Waals surface area contributed by atoms with Crippen LogP contribution in [0.25, 0.3) is 11.3 Å². The molecule has 1 fully saturated rings. The summed E-state index contributed by atoms with van der Waals surface area (Å²) in [5.41, 5.74) is 7.35. The zero-order valence-electron chi connectivity index (χ0n) is 10.2. The van der Waals surface area contributed by atoms with Crippen molar-refractivity contribution in [3.05, 3.63) is 24.5 Å². The van der Waals surface area contributed by atoms with Crippen LogP contribution in [0.1, 0.15) is 19.3 Å². The summed E-state index contributed by atoms with van der Waals surface area (Å²) in [6.07, 6.45) is 7.05. The largest absolute Gasteiger partial charge is 0.394 e. The fourth-order valence-electron chi connectivity index (χ4n) is 2.38. The molecule has 0 aliphatic carbocycles. The van der Waals surface area contributed by atoms with E-state index in [9.17, 15) is 0 Å². The lowest BCUT2D eigenvalue weighted by atomic mass is 10.1. The van der Waals surface area contributed by atoms with Gasteiger partial charge in [-0.15, -0.1) is 0 Å². The van der Waals surface area contributed by atoms with Crippen LogP contribution >= 0.6 is 0 Å². The first-order valence-corrected chi connectivity index (χ1v) is 6.27. The highest BCUT2D eigenvalue weighted by atomic mass is 16.5. The van der Waals surface area contributed by atoms with Crippen molar-refractivity contribution in [1.82, 2.24) is 10.1 Å². The number of nitrogens with two attached hydrogens (primary N) is 1. The number of aromatic nitrogens is 2. The molecule has 0 spiro atoms. The van der Waals surface area contributed by atoms with Crippen LogP contribution in [-0.2, 0) is 0 Å². The van der Waals surface area contributed by atoms with Gasteiger partial charge in [0.1, 0.15) is 11.5 Å². The number of nitrogen functional groups attached to an aromatic ring is 1. The zero-order chi connectivity index (χ0) is 12.4. The molecule has 0 unspecified atom stereocenters. The van der Waals surface area contributed by atoms with Crippen molar-refractivity contribution in [3.8, 4) is 11.3 Å². The molecule has 0 amide bonds. The van der Waals surface area contributed by atoms with E-state index in [2.05, 4.69) is 15.0 Å². The lowest BCUT2D eigenvalue weighted by Gasteiger charge is -2.28. The van der Waals surface area contributed by atoms with Crippen molar-refractivity contribution in [2.75, 3.05) is 23.7 Å². The normalized spacial score (nSPS) is 15.9. The molecule has 1 aliphatic heterocycles. The lowest BCUT2D eigenvalue weighted by molar-refractivity contribution is 0.432. The Labute approximate surface area is 106 Å². The van der Waals surface area contributed by atoms with Crippen LogP contribution in [0, 0.1) is 0 Å². The molecule has 5 nitrogen and oxygen atoms in total. The molecule has 94 valence electrons. The van der Waals surface area contributed by atoms with Crippen molar-refractivity contribution in [3.63, 3.8) is 0 Å². The van der Waals surface area contributed by atoms with Crippen molar-refractivity contribution < 1.29 is 4.52 Å². The van der Waals surface area contributed by atoms with Crippen LogP contribution in [0.4, 0.5) is 11.5 Å². The summed E-state index contributed by atoms with van der Waals surface area (Å²) in [6, 6.07) is 3.87. The summed E-state index contributed by atoms with van der Waals surface area (Å²) in [4.78, 5) is 6.77. The van der Waals surface area contributed by atoms with Gasteiger partial charge in [0.25, 0.3) is 0 Å². The summed E-state index contributed by atoms with van der Waals surface area (Å²) in [6.45, 7) is 2.08. The minimum atomic E-state index is 0.557. The van der Waals surface area contributed by atoms with Crippen LogP contribution in [0.15, 0.2) is 29.0 Å². The first kappa shape index (κ1) is 11.1. The maximum atomic E-state index is 5.87. The number of pyridine rings is 1. The first-order valence-electron chi connectivity index (χ1n) is 6.27. The first-order chi connectivity index (χ1) is 8.86. The molecule has 18 heavy (non-hydrogen) atoms. The van der Waals surface area contributed by atoms with Crippen LogP contribution in [0.2, 0.25) is 0 Å². The predicted molar refractivity (Wildman–Crippen MR) is 70.2 cm³/mol. The SMILES string of the molecule is Nc1cnoc1-c1cccnc1N1CCCCC1. The second kappa shape index (κ2) is 4.68. The van der Waals surface area contributed by atoms with Gasteiger partial charge in [0.15, 0.2) is 5.76 Å². The molecule has 0 saturated carbocycles. The van der Waals surface area contributed by atoms with Gasteiger partial charge in [-0.05, 0) is 31.4 Å². The second-order valence-electron chi connectivity index (χ2n) is 4.53. The molecule has 1 saturated heterocycles. The van der Waals surface area contributed by atoms with Crippen molar-refractivity contribution >= 4 is 11.5 Å². The third-order valence-corrected chi connectivity index (χ3v) is 3.28. The van der Waals surface area contributed by atoms with Crippen LogP contribution in [0.3, 0.4) is 0 Å². The summed E-state index contributed by atoms with van der Waals surface area (Å²) in [5, 5.41) is 3.74. The smallest absolute Gasteiger partial charge is 0.193 e. The van der Waals surface area contributed by atoms with Gasteiger partial charge in [0.05, 0.1) is 11.8 Å². The molecule has 2 aromatic rings. The van der Waals surface area contributed by atoms with E-state index in [1.807, 2.05) is 12.1 Å². The summed E-state index contributed by atoms with van der Waals surface area (Å²) in [7, 11) is 0. The lowest BCUT2D eigenvalue weighted by Crippen LogP contribution is -2.30. The van der Waals surface area contributed by atoms with E-state index < -0.39 is 0 Å². The Bertz CT molecular complexity index is 531. The fraction of sp³-hybridized carbons (Fsp3) is 0.385. The second-order valence-corrected chi connectivity index (χ2v) is 4.53. The van der Waals surface area contributed by atoms with Crippen molar-refractivity contribution in [2.24, 2.45) is 0 Å². The highest BCUT2D eigenvalue weighted by Gasteiger charge is 2.19. The fourth-order valence-corrected chi connectivity index (χ4v) is 2.38. The molecule has 2 N–H and O–H groups in total. The van der Waals surface area contributed by atoms with Crippen molar-refractivity contribution in [1.29, 1.82) is 0 Å². The maximum Gasteiger partial charge on any atom is 0.193 e. The summed E-state index contributed by atoms with van der Waals surface area (Å²) in [5.74, 6) is 1.56. The van der Waals surface area contributed by atoms with Crippen LogP contribution < -0.4 is 10.6 Å². The van der Waals surface area contributed by atoms with E-state index in [1.165, 1.54) is 25.5 Å². The zero-order valence-corrected chi connectivity index (χ0v) is 10.2. The van der Waals surface area contributed by atoms with Crippen LogP contribution in [0.5, 0.6) is 0 Å². The van der Waals surface area contributed by atoms with E-state index in [0.29, 0.717) is 11.4 Å². The Hall–Kier alpha value is -2.04. The monoisotopic (exact) mass is 244 g/mol. The van der Waals surface area contributed by atoms with E-state index in [4.69, 9.17) is 10.3 Å². The van der Waals surface area contributed by atoms with E-state index >= 15 is 0 Å². The molecule has 3 rings (SSSR count). The number of piperidine rings is 1. The molecule has 0 atom stereocenters. The summed E-state index contributed by atoms with van der Waals surface area (Å²) < 4.78 is 5.24. The Morgan fingerprint density at radius 2 is 2.06 bits per heavy atom. The van der Waals surface area contributed by atoms with Gasteiger partial charge in [-0.3, -0.25) is 0 Å². The van der Waals surface area contributed by atoms with E-state index in [0.717, 1.165) is 24.5 Å². The molecule has 0 bridgehead atoms. The topological polar surface area (TPSA) is 68.2 Å². The maximum absolute atomic E-state index is 5.87. The highest BCUT2D eigenvalue weighted by molar-refractivity contribution is 5.79. The molecular weight excluding hydrogens is 228 g/mol. The molecule has 3 heterocycles. The molecule has 0 radical (unpaired) electrons. The molecule has 2 aromatic heterocycles. The average molecular weight is 244 g/mol. The molecule has 5 heteroatoms. The van der Waals surface area contributed by atoms with E-state index in [-0.39, 0.29) is 0 Å². The number of rotatable bonds is 2. The Balaban J connectivity index is 2.02. The number of anilines is 2. The Morgan fingerprint density at radius 1 is 1.22 bits per heavy atom. The van der Waals surface area contributed by atoms with E-state index in [1.54, 1.807) is 6.20 Å². The third kappa shape index (κ3) is 1.92. The Morgan fingerprint density at radius 3 is 2.78 bits per heavy atom. The quantitative estimate of drug-likeness (QED) is 0.878. The van der Waals surface area contributed by atoms with Gasteiger partial charge < -0.3 is 15.2 Å². The number of nitrogens with zero attached hydrogens (tertiary/aromatic N) is 3. The van der Waals surface area contributed by atoms with Gasteiger partial charge in [0.2, 0.25) is 0 Å². The van der Waals surface area contributed by atoms with Gasteiger partial charge in [0, 0.05) is 19.3 Å². The van der Waals surface area contributed by atoms with Gasteiger partial charge >= 0.3 is 0 Å². The molecular formula is C13H16N4O. The average Bonchev–Trinajstić information content (AvgIpc) is 2.86. The van der Waals surface area contributed by atoms with Crippen molar-refractivity contribution in [2.45, 2.75) is 19.3 Å². The predicted octanol–water partition coefficient (Wildman–Crippen LogP) is 2.31. The standard InChI is InChI=1S/C13H16N4O/c14-11-9-16-18-12(11)10-5-4-6-15-13(10)17-7-2-1-3-8-17/h4-6,9H,1-3,7-8,14H2. The molecule has 0 aromatic carbocycles. The molecule has 1 aliphatic rings. The highest BCUT2D eigenvalue weighted by Crippen LogP contribution is 2.33. The minimum Gasteiger partial charge on any atom is -0.394 e. The van der Waals surface area contributed by atoms with Gasteiger partial charge in [-0.1, -0.05) is 5.16 Å². The minimum absolute atomic E-state index is 0.557. The Kier molecular flexibility index (Phi) is 2.88.